The van der Waals surface area contributed by atoms with Crippen molar-refractivity contribution in [2.45, 2.75) is 26.8 Å². The van der Waals surface area contributed by atoms with Crippen LogP contribution in [0.3, 0.4) is 0 Å². The molecule has 1 rings (SSSR count). The molecular weight excluding hydrogens is 234 g/mol. The first kappa shape index (κ1) is 14.0. The SMILES string of the molecule is CC(C)(C)C(NC(=O)c1ncccc1N)C(=O)O. The van der Waals surface area contributed by atoms with Crippen LogP contribution in [-0.4, -0.2) is 28.0 Å². The minimum atomic E-state index is -1.09. The van der Waals surface area contributed by atoms with Gasteiger partial charge in [-0.1, -0.05) is 20.8 Å². The monoisotopic (exact) mass is 251 g/mol. The summed E-state index contributed by atoms with van der Waals surface area (Å²) in [6.45, 7) is 5.19. The van der Waals surface area contributed by atoms with Crippen LogP contribution in [0.5, 0.6) is 0 Å². The van der Waals surface area contributed by atoms with Gasteiger partial charge in [0.25, 0.3) is 5.91 Å². The van der Waals surface area contributed by atoms with E-state index in [1.54, 1.807) is 26.8 Å². The van der Waals surface area contributed by atoms with Crippen molar-refractivity contribution in [3.05, 3.63) is 24.0 Å². The fourth-order valence-corrected chi connectivity index (χ4v) is 1.46. The summed E-state index contributed by atoms with van der Waals surface area (Å²) in [4.78, 5) is 26.9. The minimum absolute atomic E-state index is 0.0352. The molecule has 1 amide bonds. The fourth-order valence-electron chi connectivity index (χ4n) is 1.46. The number of pyridine rings is 1. The first-order valence-electron chi connectivity index (χ1n) is 5.47. The number of amides is 1. The third-order valence-electron chi connectivity index (χ3n) is 2.44. The number of carbonyl (C=O) groups is 2. The maximum atomic E-state index is 11.9. The minimum Gasteiger partial charge on any atom is -0.480 e. The predicted octanol–water partition coefficient (Wildman–Crippen LogP) is 0.893. The summed E-state index contributed by atoms with van der Waals surface area (Å²) in [5, 5.41) is 11.5. The largest absolute Gasteiger partial charge is 0.480 e. The van der Waals surface area contributed by atoms with E-state index < -0.39 is 23.3 Å². The average molecular weight is 251 g/mol. The number of carboxylic acids is 1. The summed E-state index contributed by atoms with van der Waals surface area (Å²) in [6.07, 6.45) is 1.43. The Morgan fingerprint density at radius 2 is 2.06 bits per heavy atom. The van der Waals surface area contributed by atoms with Gasteiger partial charge in [-0.05, 0) is 17.5 Å². The number of hydrogen-bond acceptors (Lipinski definition) is 4. The van der Waals surface area contributed by atoms with Gasteiger partial charge < -0.3 is 16.2 Å². The quantitative estimate of drug-likeness (QED) is 0.740. The Labute approximate surface area is 105 Å². The summed E-state index contributed by atoms with van der Waals surface area (Å²) in [5.41, 5.74) is 5.26. The van der Waals surface area contributed by atoms with Crippen molar-refractivity contribution in [3.63, 3.8) is 0 Å². The van der Waals surface area contributed by atoms with Gasteiger partial charge in [-0.15, -0.1) is 0 Å². The third-order valence-corrected chi connectivity index (χ3v) is 2.44. The van der Waals surface area contributed by atoms with Crippen LogP contribution in [-0.2, 0) is 4.79 Å². The number of nitrogens with zero attached hydrogens (tertiary/aromatic N) is 1. The highest BCUT2D eigenvalue weighted by Gasteiger charge is 2.33. The van der Waals surface area contributed by atoms with Crippen LogP contribution in [0.2, 0.25) is 0 Å². The van der Waals surface area contributed by atoms with E-state index in [1.165, 1.54) is 12.3 Å². The van der Waals surface area contributed by atoms with Gasteiger partial charge in [-0.3, -0.25) is 4.79 Å². The van der Waals surface area contributed by atoms with Crippen molar-refractivity contribution in [2.24, 2.45) is 5.41 Å². The molecule has 1 unspecified atom stereocenters. The molecule has 0 spiro atoms. The Bertz CT molecular complexity index is 466. The van der Waals surface area contributed by atoms with Crippen molar-refractivity contribution < 1.29 is 14.7 Å². The van der Waals surface area contributed by atoms with Gasteiger partial charge in [0.2, 0.25) is 0 Å². The van der Waals surface area contributed by atoms with E-state index in [0.29, 0.717) is 0 Å². The van der Waals surface area contributed by atoms with Crippen LogP contribution >= 0.6 is 0 Å². The van der Waals surface area contributed by atoms with E-state index >= 15 is 0 Å². The van der Waals surface area contributed by atoms with Gasteiger partial charge in [-0.2, -0.15) is 0 Å². The normalized spacial score (nSPS) is 12.8. The van der Waals surface area contributed by atoms with Crippen LogP contribution in [0.25, 0.3) is 0 Å². The van der Waals surface area contributed by atoms with Gasteiger partial charge in [0.1, 0.15) is 6.04 Å². The second-order valence-electron chi connectivity index (χ2n) is 5.05. The first-order valence-corrected chi connectivity index (χ1v) is 5.47. The topological polar surface area (TPSA) is 105 Å². The maximum Gasteiger partial charge on any atom is 0.326 e. The molecule has 0 aliphatic rings. The molecular formula is C12H17N3O3. The molecule has 98 valence electrons. The molecule has 0 fully saturated rings. The fraction of sp³-hybridized carbons (Fsp3) is 0.417. The number of hydrogen-bond donors (Lipinski definition) is 3. The summed E-state index contributed by atoms with van der Waals surface area (Å²) < 4.78 is 0. The van der Waals surface area contributed by atoms with Crippen molar-refractivity contribution in [1.82, 2.24) is 10.3 Å². The Morgan fingerprint density at radius 1 is 1.44 bits per heavy atom. The molecule has 0 aromatic carbocycles. The smallest absolute Gasteiger partial charge is 0.326 e. The Morgan fingerprint density at radius 3 is 2.50 bits per heavy atom. The van der Waals surface area contributed by atoms with Gasteiger partial charge in [0, 0.05) is 6.20 Å². The zero-order valence-corrected chi connectivity index (χ0v) is 10.6. The Hall–Kier alpha value is -2.11. The summed E-state index contributed by atoms with van der Waals surface area (Å²) in [6, 6.07) is 2.13. The predicted molar refractivity (Wildman–Crippen MR) is 67.0 cm³/mol. The molecule has 6 heteroatoms. The number of rotatable bonds is 3. The first-order chi connectivity index (χ1) is 8.23. The number of nitrogens with one attached hydrogen (secondary N) is 1. The van der Waals surface area contributed by atoms with Crippen molar-refractivity contribution in [1.29, 1.82) is 0 Å². The van der Waals surface area contributed by atoms with E-state index in [0.717, 1.165) is 0 Å². The van der Waals surface area contributed by atoms with Crippen molar-refractivity contribution in [2.75, 3.05) is 5.73 Å². The third kappa shape index (κ3) is 3.19. The van der Waals surface area contributed by atoms with Crippen LogP contribution in [0, 0.1) is 5.41 Å². The molecule has 0 saturated carbocycles. The van der Waals surface area contributed by atoms with Gasteiger partial charge >= 0.3 is 5.97 Å². The molecule has 0 bridgehead atoms. The lowest BCUT2D eigenvalue weighted by Gasteiger charge is -2.27. The summed E-state index contributed by atoms with van der Waals surface area (Å²) in [7, 11) is 0. The molecule has 6 nitrogen and oxygen atoms in total. The highest BCUT2D eigenvalue weighted by atomic mass is 16.4. The lowest BCUT2D eigenvalue weighted by atomic mass is 9.86. The standard InChI is InChI=1S/C12H17N3O3/c1-12(2,3)9(11(17)18)15-10(16)8-7(13)5-4-6-14-8/h4-6,9H,13H2,1-3H3,(H,15,16)(H,17,18). The molecule has 0 radical (unpaired) electrons. The zero-order valence-electron chi connectivity index (χ0n) is 10.6. The summed E-state index contributed by atoms with van der Waals surface area (Å²) >= 11 is 0. The highest BCUT2D eigenvalue weighted by molar-refractivity contribution is 5.99. The Kier molecular flexibility index (Phi) is 3.90. The molecule has 4 N–H and O–H groups in total. The molecule has 0 saturated heterocycles. The van der Waals surface area contributed by atoms with Crippen molar-refractivity contribution >= 4 is 17.6 Å². The van der Waals surface area contributed by atoms with Crippen molar-refractivity contribution in [3.8, 4) is 0 Å². The number of anilines is 1. The molecule has 18 heavy (non-hydrogen) atoms. The number of nitrogen functional groups attached to an aromatic ring is 1. The Balaban J connectivity index is 2.93. The number of nitrogens with two attached hydrogens (primary N) is 1. The molecule has 1 aromatic rings. The second kappa shape index (κ2) is 5.03. The van der Waals surface area contributed by atoms with E-state index in [2.05, 4.69) is 10.3 Å². The number of carboxylic acid groups (broad SMARTS) is 1. The van der Waals surface area contributed by atoms with E-state index in [-0.39, 0.29) is 11.4 Å². The average Bonchev–Trinajstić information content (AvgIpc) is 2.24. The van der Waals surface area contributed by atoms with E-state index in [4.69, 9.17) is 10.8 Å². The zero-order chi connectivity index (χ0) is 13.9. The second-order valence-corrected chi connectivity index (χ2v) is 5.05. The molecule has 1 atom stereocenters. The highest BCUT2D eigenvalue weighted by Crippen LogP contribution is 2.20. The molecule has 0 aliphatic heterocycles. The van der Waals surface area contributed by atoms with E-state index in [1.807, 2.05) is 0 Å². The van der Waals surface area contributed by atoms with Crippen LogP contribution in [0.15, 0.2) is 18.3 Å². The van der Waals surface area contributed by atoms with Crippen LogP contribution < -0.4 is 11.1 Å². The van der Waals surface area contributed by atoms with E-state index in [9.17, 15) is 9.59 Å². The molecule has 1 aromatic heterocycles. The number of carbonyl (C=O) groups excluding carboxylic acids is 1. The molecule has 1 heterocycles. The molecule has 0 aliphatic carbocycles. The summed E-state index contributed by atoms with van der Waals surface area (Å²) in [5.74, 6) is -1.68. The van der Waals surface area contributed by atoms with Crippen LogP contribution in [0.4, 0.5) is 5.69 Å². The number of aliphatic carboxylic acids is 1. The van der Waals surface area contributed by atoms with Gasteiger partial charge in [0.15, 0.2) is 5.69 Å². The van der Waals surface area contributed by atoms with Crippen LogP contribution in [0.1, 0.15) is 31.3 Å². The van der Waals surface area contributed by atoms with Gasteiger partial charge in [0.05, 0.1) is 5.69 Å². The lowest BCUT2D eigenvalue weighted by Crippen LogP contribution is -2.49. The number of aromatic nitrogens is 1. The lowest BCUT2D eigenvalue weighted by molar-refractivity contribution is -0.142. The van der Waals surface area contributed by atoms with Gasteiger partial charge in [-0.25, -0.2) is 9.78 Å². The maximum absolute atomic E-state index is 11.9.